The number of aromatic nitrogens is 2. The predicted molar refractivity (Wildman–Crippen MR) is 83.3 cm³/mol. The zero-order valence-corrected chi connectivity index (χ0v) is 11.7. The molecular formula is C16H16N4O. The Morgan fingerprint density at radius 1 is 1.24 bits per heavy atom. The summed E-state index contributed by atoms with van der Waals surface area (Å²) >= 11 is 0. The van der Waals surface area contributed by atoms with Crippen molar-refractivity contribution in [2.75, 3.05) is 12.4 Å². The van der Waals surface area contributed by atoms with Crippen molar-refractivity contribution >= 4 is 22.6 Å². The van der Waals surface area contributed by atoms with Crippen molar-refractivity contribution in [3.05, 3.63) is 59.9 Å². The zero-order chi connectivity index (χ0) is 14.7. The minimum Gasteiger partial charge on any atom is -0.345 e. The van der Waals surface area contributed by atoms with E-state index in [0.717, 1.165) is 28.8 Å². The number of carbonyl (C=O) groups is 1. The second-order valence-electron chi connectivity index (χ2n) is 4.82. The number of H-pyrrole nitrogens is 1. The molecule has 2 aromatic carbocycles. The summed E-state index contributed by atoms with van der Waals surface area (Å²) in [7, 11) is 1.89. The summed E-state index contributed by atoms with van der Waals surface area (Å²) in [4.78, 5) is 19.4. The Morgan fingerprint density at radius 3 is 3.00 bits per heavy atom. The summed E-state index contributed by atoms with van der Waals surface area (Å²) in [5.41, 5.74) is 4.22. The maximum atomic E-state index is 12.3. The van der Waals surface area contributed by atoms with Gasteiger partial charge in [-0.1, -0.05) is 12.1 Å². The Bertz CT molecular complexity index is 779. The number of imidazole rings is 1. The van der Waals surface area contributed by atoms with Crippen LogP contribution in [-0.2, 0) is 6.54 Å². The van der Waals surface area contributed by atoms with Crippen LogP contribution in [0.5, 0.6) is 0 Å². The van der Waals surface area contributed by atoms with E-state index < -0.39 is 0 Å². The molecule has 1 aromatic heterocycles. The first kappa shape index (κ1) is 13.3. The van der Waals surface area contributed by atoms with Gasteiger partial charge in [0.2, 0.25) is 0 Å². The van der Waals surface area contributed by atoms with Gasteiger partial charge in [0.1, 0.15) is 0 Å². The number of carbonyl (C=O) groups excluding carboxylic acids is 1. The van der Waals surface area contributed by atoms with E-state index in [9.17, 15) is 4.79 Å². The molecule has 0 aliphatic rings. The van der Waals surface area contributed by atoms with Crippen molar-refractivity contribution in [1.29, 1.82) is 0 Å². The van der Waals surface area contributed by atoms with E-state index in [2.05, 4.69) is 20.6 Å². The van der Waals surface area contributed by atoms with Crippen molar-refractivity contribution < 1.29 is 4.79 Å². The third-order valence-corrected chi connectivity index (χ3v) is 3.25. The maximum absolute atomic E-state index is 12.3. The molecule has 0 unspecified atom stereocenters. The maximum Gasteiger partial charge on any atom is 0.255 e. The number of aromatic amines is 1. The van der Waals surface area contributed by atoms with Crippen molar-refractivity contribution in [2.45, 2.75) is 6.54 Å². The van der Waals surface area contributed by atoms with Crippen LogP contribution in [0.1, 0.15) is 15.9 Å². The number of nitrogens with zero attached hydrogens (tertiary/aromatic N) is 1. The highest BCUT2D eigenvalue weighted by atomic mass is 16.1. The van der Waals surface area contributed by atoms with Gasteiger partial charge in [0.25, 0.3) is 5.91 Å². The minimum absolute atomic E-state index is 0.131. The molecule has 21 heavy (non-hydrogen) atoms. The number of nitrogens with one attached hydrogen (secondary N) is 3. The third kappa shape index (κ3) is 2.93. The van der Waals surface area contributed by atoms with Crippen molar-refractivity contribution in [2.24, 2.45) is 0 Å². The molecular weight excluding hydrogens is 264 g/mol. The van der Waals surface area contributed by atoms with Crippen molar-refractivity contribution in [3.8, 4) is 0 Å². The zero-order valence-electron chi connectivity index (χ0n) is 11.7. The van der Waals surface area contributed by atoms with Crippen LogP contribution >= 0.6 is 0 Å². The van der Waals surface area contributed by atoms with Gasteiger partial charge < -0.3 is 15.6 Å². The molecule has 0 saturated carbocycles. The molecule has 0 bridgehead atoms. The number of fused-ring (bicyclic) bond motifs is 1. The van der Waals surface area contributed by atoms with Crippen molar-refractivity contribution in [3.63, 3.8) is 0 Å². The largest absolute Gasteiger partial charge is 0.345 e. The number of hydrogen-bond donors (Lipinski definition) is 3. The first-order chi connectivity index (χ1) is 10.3. The highest BCUT2D eigenvalue weighted by molar-refractivity contribution is 6.05. The lowest BCUT2D eigenvalue weighted by molar-refractivity contribution is 0.102. The van der Waals surface area contributed by atoms with E-state index in [0.29, 0.717) is 5.56 Å². The first-order valence-corrected chi connectivity index (χ1v) is 6.74. The van der Waals surface area contributed by atoms with E-state index in [-0.39, 0.29) is 5.91 Å². The molecule has 0 atom stereocenters. The first-order valence-electron chi connectivity index (χ1n) is 6.74. The second-order valence-corrected chi connectivity index (χ2v) is 4.82. The number of hydrogen-bond acceptors (Lipinski definition) is 3. The molecule has 3 N–H and O–H groups in total. The fourth-order valence-electron chi connectivity index (χ4n) is 2.24. The van der Waals surface area contributed by atoms with Crippen LogP contribution < -0.4 is 10.6 Å². The molecule has 3 aromatic rings. The van der Waals surface area contributed by atoms with Gasteiger partial charge in [0, 0.05) is 17.8 Å². The lowest BCUT2D eigenvalue weighted by atomic mass is 10.1. The summed E-state index contributed by atoms with van der Waals surface area (Å²) in [5.74, 6) is -0.131. The Hall–Kier alpha value is -2.66. The van der Waals surface area contributed by atoms with Crippen LogP contribution in [0.2, 0.25) is 0 Å². The molecule has 0 spiro atoms. The summed E-state index contributed by atoms with van der Waals surface area (Å²) in [6, 6.07) is 13.2. The molecule has 5 heteroatoms. The quantitative estimate of drug-likeness (QED) is 0.688. The Labute approximate surface area is 122 Å². The lowest BCUT2D eigenvalue weighted by Crippen LogP contribution is -2.12. The van der Waals surface area contributed by atoms with Gasteiger partial charge in [0.05, 0.1) is 17.4 Å². The van der Waals surface area contributed by atoms with Gasteiger partial charge in [-0.25, -0.2) is 4.98 Å². The van der Waals surface area contributed by atoms with Crippen LogP contribution in [0.25, 0.3) is 11.0 Å². The fourth-order valence-corrected chi connectivity index (χ4v) is 2.24. The summed E-state index contributed by atoms with van der Waals surface area (Å²) < 4.78 is 0. The van der Waals surface area contributed by atoms with Gasteiger partial charge in [0.15, 0.2) is 0 Å². The summed E-state index contributed by atoms with van der Waals surface area (Å²) in [6.45, 7) is 0.768. The molecule has 5 nitrogen and oxygen atoms in total. The Kier molecular flexibility index (Phi) is 3.66. The standard InChI is InChI=1S/C16H16N4O/c1-17-9-11-3-2-4-13(7-11)20-16(21)12-5-6-14-15(8-12)19-10-18-14/h2-8,10,17H,9H2,1H3,(H,18,19)(H,20,21). The van der Waals surface area contributed by atoms with Crippen molar-refractivity contribution in [1.82, 2.24) is 15.3 Å². The highest BCUT2D eigenvalue weighted by Gasteiger charge is 2.08. The lowest BCUT2D eigenvalue weighted by Gasteiger charge is -2.07. The molecule has 1 amide bonds. The number of anilines is 1. The van der Waals surface area contributed by atoms with Crippen LogP contribution in [0.4, 0.5) is 5.69 Å². The fraction of sp³-hybridized carbons (Fsp3) is 0.125. The molecule has 3 rings (SSSR count). The normalized spacial score (nSPS) is 10.7. The average Bonchev–Trinajstić information content (AvgIpc) is 2.95. The van der Waals surface area contributed by atoms with Gasteiger partial charge in [-0.05, 0) is 42.9 Å². The van der Waals surface area contributed by atoms with E-state index in [4.69, 9.17) is 0 Å². The number of benzene rings is 2. The van der Waals surface area contributed by atoms with Gasteiger partial charge in [-0.2, -0.15) is 0 Å². The molecule has 0 saturated heterocycles. The molecule has 0 aliphatic heterocycles. The summed E-state index contributed by atoms with van der Waals surface area (Å²) in [5, 5.41) is 6.00. The van der Waals surface area contributed by atoms with Crippen LogP contribution in [0.3, 0.4) is 0 Å². The van der Waals surface area contributed by atoms with Gasteiger partial charge in [-0.15, -0.1) is 0 Å². The average molecular weight is 280 g/mol. The molecule has 106 valence electrons. The third-order valence-electron chi connectivity index (χ3n) is 3.25. The van der Waals surface area contributed by atoms with E-state index >= 15 is 0 Å². The van der Waals surface area contributed by atoms with E-state index in [1.54, 1.807) is 18.5 Å². The van der Waals surface area contributed by atoms with Gasteiger partial charge >= 0.3 is 0 Å². The highest BCUT2D eigenvalue weighted by Crippen LogP contribution is 2.15. The monoisotopic (exact) mass is 280 g/mol. The number of rotatable bonds is 4. The van der Waals surface area contributed by atoms with Crippen LogP contribution in [-0.4, -0.2) is 22.9 Å². The topological polar surface area (TPSA) is 69.8 Å². The van der Waals surface area contributed by atoms with Gasteiger partial charge in [-0.3, -0.25) is 4.79 Å². The van der Waals surface area contributed by atoms with E-state index in [1.165, 1.54) is 0 Å². The SMILES string of the molecule is CNCc1cccc(NC(=O)c2ccc3nc[nH]c3c2)c1. The molecule has 0 aliphatic carbocycles. The van der Waals surface area contributed by atoms with E-state index in [1.807, 2.05) is 37.4 Å². The summed E-state index contributed by atoms with van der Waals surface area (Å²) in [6.07, 6.45) is 1.62. The number of amides is 1. The second kappa shape index (κ2) is 5.76. The predicted octanol–water partition coefficient (Wildman–Crippen LogP) is 2.53. The smallest absolute Gasteiger partial charge is 0.255 e. The van der Waals surface area contributed by atoms with Crippen LogP contribution in [0.15, 0.2) is 48.8 Å². The molecule has 0 fully saturated rings. The van der Waals surface area contributed by atoms with Crippen LogP contribution in [0, 0.1) is 0 Å². The Balaban J connectivity index is 1.80. The minimum atomic E-state index is -0.131. The molecule has 1 heterocycles. The molecule has 0 radical (unpaired) electrons. The Morgan fingerprint density at radius 2 is 2.14 bits per heavy atom.